The average molecular weight is 491 g/mol. The number of carbonyl (C=O) groups excluding carboxylic acids is 1. The Morgan fingerprint density at radius 2 is 2.18 bits per heavy atom. The van der Waals surface area contributed by atoms with Crippen molar-refractivity contribution < 1.29 is 13.9 Å². The minimum Gasteiger partial charge on any atom is -0.380 e. The fourth-order valence-corrected chi connectivity index (χ4v) is 5.10. The number of hydrazone groups is 1. The molecule has 1 aliphatic carbocycles. The second kappa shape index (κ2) is 9.83. The van der Waals surface area contributed by atoms with Crippen molar-refractivity contribution in [2.45, 2.75) is 56.5 Å². The summed E-state index contributed by atoms with van der Waals surface area (Å²) in [5, 5.41) is 11.2. The van der Waals surface area contributed by atoms with E-state index in [1.54, 1.807) is 18.2 Å². The Labute approximate surface area is 202 Å². The highest BCUT2D eigenvalue weighted by Gasteiger charge is 2.35. The van der Waals surface area contributed by atoms with E-state index in [0.717, 1.165) is 31.9 Å². The van der Waals surface area contributed by atoms with Gasteiger partial charge in [-0.1, -0.05) is 17.7 Å². The summed E-state index contributed by atoms with van der Waals surface area (Å²) < 4.78 is 19.9. The topological polar surface area (TPSA) is 116 Å². The number of methoxy groups -OCH3 is 1. The van der Waals surface area contributed by atoms with Gasteiger partial charge >= 0.3 is 6.03 Å². The quantitative estimate of drug-likeness (QED) is 0.583. The fraction of sp³-hybridized carbons (Fsp3) is 0.591. The Morgan fingerprint density at radius 3 is 3.00 bits per heavy atom. The third kappa shape index (κ3) is 4.85. The van der Waals surface area contributed by atoms with Crippen molar-refractivity contribution in [1.29, 1.82) is 0 Å². The van der Waals surface area contributed by atoms with E-state index in [2.05, 4.69) is 36.1 Å². The zero-order chi connectivity index (χ0) is 23.7. The van der Waals surface area contributed by atoms with Gasteiger partial charge in [0.15, 0.2) is 17.5 Å². The number of aromatic nitrogens is 2. The van der Waals surface area contributed by atoms with Crippen molar-refractivity contribution in [1.82, 2.24) is 25.6 Å². The van der Waals surface area contributed by atoms with Crippen molar-refractivity contribution in [3.05, 3.63) is 28.9 Å². The molecule has 1 saturated heterocycles. The average Bonchev–Trinajstić information content (AvgIpc) is 3.48. The van der Waals surface area contributed by atoms with E-state index >= 15 is 0 Å². The maximum Gasteiger partial charge on any atom is 0.317 e. The van der Waals surface area contributed by atoms with E-state index in [4.69, 9.17) is 16.3 Å². The molecule has 2 fully saturated rings. The Balaban J connectivity index is 1.22. The molecule has 0 bridgehead atoms. The van der Waals surface area contributed by atoms with Crippen molar-refractivity contribution >= 4 is 35.4 Å². The molecule has 12 heteroatoms. The Bertz CT molecular complexity index is 1030. The molecule has 10 nitrogen and oxygen atoms in total. The number of aliphatic imine (C=N–C) groups is 1. The lowest BCUT2D eigenvalue weighted by molar-refractivity contribution is 0.110. The van der Waals surface area contributed by atoms with E-state index in [1.807, 2.05) is 6.08 Å². The van der Waals surface area contributed by atoms with Crippen LogP contribution in [0.15, 0.2) is 27.4 Å². The fourth-order valence-electron chi connectivity index (χ4n) is 4.91. The lowest BCUT2D eigenvalue weighted by Gasteiger charge is -2.32. The van der Waals surface area contributed by atoms with Crippen LogP contribution in [0.5, 0.6) is 0 Å². The van der Waals surface area contributed by atoms with E-state index in [9.17, 15) is 9.18 Å². The predicted octanol–water partition coefficient (Wildman–Crippen LogP) is 2.23. The minimum atomic E-state index is -0.532. The van der Waals surface area contributed by atoms with Gasteiger partial charge in [-0.3, -0.25) is 10.4 Å². The molecule has 4 unspecified atom stereocenters. The number of hydrogen-bond acceptors (Lipinski definition) is 8. The van der Waals surface area contributed by atoms with Crippen LogP contribution < -0.4 is 16.1 Å². The summed E-state index contributed by atoms with van der Waals surface area (Å²) in [4.78, 5) is 27.3. The lowest BCUT2D eigenvalue weighted by atomic mass is 9.91. The largest absolute Gasteiger partial charge is 0.380 e. The number of hydrogen-bond donors (Lipinski definition) is 3. The van der Waals surface area contributed by atoms with Gasteiger partial charge in [0.1, 0.15) is 11.9 Å². The summed E-state index contributed by atoms with van der Waals surface area (Å²) >= 11 is 6.10. The molecule has 0 radical (unpaired) electrons. The molecule has 2 amide bonds. The third-order valence-corrected chi connectivity index (χ3v) is 6.98. The van der Waals surface area contributed by atoms with Crippen LogP contribution in [0.4, 0.5) is 15.0 Å². The first kappa shape index (κ1) is 23.0. The Hall–Kier alpha value is -2.79. The Kier molecular flexibility index (Phi) is 6.64. The predicted molar refractivity (Wildman–Crippen MR) is 127 cm³/mol. The molecule has 4 heterocycles. The van der Waals surface area contributed by atoms with Gasteiger partial charge in [-0.05, 0) is 32.1 Å². The molecule has 0 spiro atoms. The van der Waals surface area contributed by atoms with Crippen LogP contribution in [0.3, 0.4) is 0 Å². The molecule has 1 saturated carbocycles. The van der Waals surface area contributed by atoms with Gasteiger partial charge < -0.3 is 20.3 Å². The SMILES string of the molecule is COC1CCN(C(=O)N[C@@H]2CCCC(Nc3nc(C4=NNC5N=CC(Cl)=CC45)ncc3F)C2)C1. The van der Waals surface area contributed by atoms with E-state index in [1.165, 1.54) is 0 Å². The normalized spacial score (nSPS) is 30.3. The highest BCUT2D eigenvalue weighted by atomic mass is 35.5. The van der Waals surface area contributed by atoms with Crippen molar-refractivity contribution in [2.24, 2.45) is 16.0 Å². The standard InChI is InChI=1S/C22H28ClFN8O2/c1-34-15-5-6-32(11-15)22(33)28-14-4-2-3-13(8-14)27-20-17(24)10-26-21(29-20)18-16-7-12(23)9-25-19(16)31-30-18/h7,9-10,13-16,19,31H,2-6,8,11H2,1H3,(H,28,33)(H,26,27,29)/t13?,14-,15?,16?,19?/m1/s1. The smallest absolute Gasteiger partial charge is 0.317 e. The van der Waals surface area contributed by atoms with Crippen LogP contribution in [0, 0.1) is 11.7 Å². The lowest BCUT2D eigenvalue weighted by Crippen LogP contribution is -2.47. The number of likely N-dealkylation sites (tertiary alicyclic amines) is 1. The van der Waals surface area contributed by atoms with Gasteiger partial charge in [0.05, 0.1) is 23.3 Å². The number of fused-ring (bicyclic) bond motifs is 1. The summed E-state index contributed by atoms with van der Waals surface area (Å²) in [5.41, 5.74) is 3.50. The van der Waals surface area contributed by atoms with Gasteiger partial charge in [-0.2, -0.15) is 5.10 Å². The maximum absolute atomic E-state index is 14.6. The first-order valence-electron chi connectivity index (χ1n) is 11.6. The van der Waals surface area contributed by atoms with Crippen molar-refractivity contribution in [3.63, 3.8) is 0 Å². The molecular formula is C22H28ClFN8O2. The van der Waals surface area contributed by atoms with E-state index in [-0.39, 0.29) is 42.1 Å². The van der Waals surface area contributed by atoms with Crippen molar-refractivity contribution in [3.8, 4) is 0 Å². The highest BCUT2D eigenvalue weighted by molar-refractivity contribution is 6.39. The molecule has 3 aliphatic heterocycles. The monoisotopic (exact) mass is 490 g/mol. The van der Waals surface area contributed by atoms with Crippen LogP contribution in [-0.2, 0) is 4.74 Å². The van der Waals surface area contributed by atoms with Crippen LogP contribution in [0.25, 0.3) is 0 Å². The van der Waals surface area contributed by atoms with Crippen LogP contribution in [-0.4, -0.2) is 77.4 Å². The van der Waals surface area contributed by atoms with Crippen LogP contribution in [0.1, 0.15) is 37.9 Å². The zero-order valence-corrected chi connectivity index (χ0v) is 19.6. The molecular weight excluding hydrogens is 463 g/mol. The number of urea groups is 1. The summed E-state index contributed by atoms with van der Waals surface area (Å²) in [6.07, 6.45) is 8.61. The second-order valence-corrected chi connectivity index (χ2v) is 9.50. The Morgan fingerprint density at radius 1 is 1.32 bits per heavy atom. The molecule has 4 aliphatic rings. The molecule has 34 heavy (non-hydrogen) atoms. The van der Waals surface area contributed by atoms with E-state index < -0.39 is 5.82 Å². The molecule has 1 aromatic heterocycles. The number of anilines is 1. The van der Waals surface area contributed by atoms with Crippen LogP contribution >= 0.6 is 11.6 Å². The van der Waals surface area contributed by atoms with Gasteiger partial charge in [0.2, 0.25) is 0 Å². The number of amides is 2. The third-order valence-electron chi connectivity index (χ3n) is 6.75. The minimum absolute atomic E-state index is 0.0151. The highest BCUT2D eigenvalue weighted by Crippen LogP contribution is 2.27. The number of carbonyl (C=O) groups is 1. The zero-order valence-electron chi connectivity index (χ0n) is 18.9. The number of ether oxygens (including phenoxy) is 1. The summed E-state index contributed by atoms with van der Waals surface area (Å²) in [6.45, 7) is 1.30. The van der Waals surface area contributed by atoms with Gasteiger partial charge in [-0.15, -0.1) is 0 Å². The van der Waals surface area contributed by atoms with Crippen LogP contribution in [0.2, 0.25) is 0 Å². The number of allylic oxidation sites excluding steroid dienone is 1. The van der Waals surface area contributed by atoms with E-state index in [0.29, 0.717) is 36.1 Å². The number of nitrogens with one attached hydrogen (secondary N) is 3. The van der Waals surface area contributed by atoms with Gasteiger partial charge in [-0.25, -0.2) is 19.2 Å². The summed E-state index contributed by atoms with van der Waals surface area (Å²) in [6, 6.07) is -0.0725. The van der Waals surface area contributed by atoms with Gasteiger partial charge in [0.25, 0.3) is 0 Å². The summed E-state index contributed by atoms with van der Waals surface area (Å²) in [5.74, 6) is -0.293. The summed E-state index contributed by atoms with van der Waals surface area (Å²) in [7, 11) is 1.67. The molecule has 5 atom stereocenters. The number of halogens is 2. The first-order chi connectivity index (χ1) is 16.5. The maximum atomic E-state index is 14.6. The number of dihydropyridines is 1. The molecule has 5 rings (SSSR count). The van der Waals surface area contributed by atoms with Crippen molar-refractivity contribution in [2.75, 3.05) is 25.5 Å². The molecule has 0 aromatic carbocycles. The first-order valence-corrected chi connectivity index (χ1v) is 12.0. The molecule has 1 aromatic rings. The molecule has 182 valence electrons. The number of rotatable bonds is 5. The number of nitrogens with zero attached hydrogens (tertiary/aromatic N) is 5. The van der Waals surface area contributed by atoms with Gasteiger partial charge in [0, 0.05) is 38.5 Å². The second-order valence-electron chi connectivity index (χ2n) is 9.06. The molecule has 3 N–H and O–H groups in total.